The number of pyridine rings is 1. The number of aromatic nitrogens is 2. The standard InChI is InChI=1S/C27H25N7O10S4.C5H11NO2/c28-19(37)8-33-5-1-2-14(7-33)45-9-13-10-46-25-21(24(39)34(25)22(13)26(40)41)31-23(38)20(16-11-47-27(29)30-16)32-44-12-48(42,43)15-3-4-17(35)18(36)6-15;1-6(2,3)4-5(7)8/h1-7,11,21,25H,8-10,12H2,(H7-,28,29,30,31,32,35,36,37,38,40,41);4H2,1-3H3/p+2/t21-,25-;/m1./s1. The number of thiazole rings is 1. The van der Waals surface area contributed by atoms with E-state index in [2.05, 4.69) is 15.5 Å². The van der Waals surface area contributed by atoms with Gasteiger partial charge in [-0.3, -0.25) is 19.3 Å². The lowest BCUT2D eigenvalue weighted by molar-refractivity contribution is -0.862. The number of hydrogen-bond acceptors (Lipinski definition) is 16. The van der Waals surface area contributed by atoms with Gasteiger partial charge in [0, 0.05) is 29.0 Å². The molecule has 4 heterocycles. The summed E-state index contributed by atoms with van der Waals surface area (Å²) in [5, 5.41) is 44.2. The van der Waals surface area contributed by atoms with Gasteiger partial charge in [0.05, 0.1) is 30.9 Å². The van der Waals surface area contributed by atoms with Crippen LogP contribution in [-0.2, 0) is 45.2 Å². The summed E-state index contributed by atoms with van der Waals surface area (Å²) in [5.41, 5.74) is 10.7. The van der Waals surface area contributed by atoms with Gasteiger partial charge in [0.1, 0.15) is 22.8 Å². The van der Waals surface area contributed by atoms with Crippen LogP contribution in [0.1, 0.15) is 5.69 Å². The molecule has 300 valence electrons. The number of amides is 3. The summed E-state index contributed by atoms with van der Waals surface area (Å²) in [6.07, 6.45) is 3.37. The minimum Gasteiger partial charge on any atom is -0.504 e. The Morgan fingerprint density at radius 2 is 1.88 bits per heavy atom. The summed E-state index contributed by atoms with van der Waals surface area (Å²) in [6, 6.07) is 5.18. The Hall–Kier alpha value is -5.43. The van der Waals surface area contributed by atoms with Crippen molar-refractivity contribution in [2.24, 2.45) is 10.9 Å². The molecule has 3 amide bonds. The van der Waals surface area contributed by atoms with Crippen molar-refractivity contribution in [3.63, 3.8) is 0 Å². The van der Waals surface area contributed by atoms with Crippen molar-refractivity contribution in [1.82, 2.24) is 15.2 Å². The molecule has 24 heteroatoms. The van der Waals surface area contributed by atoms with Crippen LogP contribution in [-0.4, -0.2) is 135 Å². The fraction of sp³-hybridized carbons (Fsp3) is 0.312. The third-order valence-electron chi connectivity index (χ3n) is 7.38. The first kappa shape index (κ1) is 43.3. The van der Waals surface area contributed by atoms with Crippen LogP contribution in [0.2, 0.25) is 0 Å². The Balaban J connectivity index is 0.000000784. The van der Waals surface area contributed by atoms with Crippen molar-refractivity contribution in [3.05, 3.63) is 65.1 Å². The molecule has 1 aromatic carbocycles. The molecule has 2 aromatic heterocycles. The summed E-state index contributed by atoms with van der Waals surface area (Å²) >= 11 is 3.52. The second-order valence-electron chi connectivity index (χ2n) is 13.0. The van der Waals surface area contributed by atoms with E-state index in [0.717, 1.165) is 39.3 Å². The number of likely N-dealkylation sites (N-methyl/N-ethyl adjacent to an activating group) is 1. The van der Waals surface area contributed by atoms with Crippen molar-refractivity contribution in [3.8, 4) is 11.5 Å². The van der Waals surface area contributed by atoms with Crippen LogP contribution in [0, 0.1) is 0 Å². The topological polar surface area (TPSA) is 306 Å². The predicted octanol–water partition coefficient (Wildman–Crippen LogP) is -0.630. The number of aromatic hydroxyl groups is 2. The molecule has 2 aliphatic heterocycles. The van der Waals surface area contributed by atoms with Gasteiger partial charge in [-0.1, -0.05) is 5.16 Å². The number of β-lactam (4-membered cyclic amide) rings is 1. The number of aliphatic carboxylic acids is 2. The number of phenolic OH excluding ortho intramolecular Hbond substituents is 2. The summed E-state index contributed by atoms with van der Waals surface area (Å²) < 4.78 is 27.4. The Kier molecular flexibility index (Phi) is 13.9. The van der Waals surface area contributed by atoms with E-state index in [1.807, 2.05) is 21.1 Å². The molecule has 1 fully saturated rings. The minimum absolute atomic E-state index is 0.0247. The number of nitrogens with two attached hydrogens (primary N) is 2. The van der Waals surface area contributed by atoms with Crippen LogP contribution in [0.15, 0.2) is 74.3 Å². The molecule has 0 bridgehead atoms. The molecule has 0 unspecified atom stereocenters. The minimum atomic E-state index is -4.21. The lowest BCUT2D eigenvalue weighted by atomic mass is 10.0. The second kappa shape index (κ2) is 18.0. The van der Waals surface area contributed by atoms with E-state index >= 15 is 0 Å². The van der Waals surface area contributed by atoms with Gasteiger partial charge < -0.3 is 46.5 Å². The number of oxime groups is 1. The van der Waals surface area contributed by atoms with E-state index in [0.29, 0.717) is 10.1 Å². The van der Waals surface area contributed by atoms with Crippen molar-refractivity contribution in [1.29, 1.82) is 0 Å². The highest BCUT2D eigenvalue weighted by atomic mass is 32.2. The molecule has 9 N–H and O–H groups in total. The van der Waals surface area contributed by atoms with Crippen molar-refractivity contribution >= 4 is 85.2 Å². The third kappa shape index (κ3) is 11.3. The summed E-state index contributed by atoms with van der Waals surface area (Å²) in [4.78, 5) is 70.6. The molecule has 0 spiro atoms. The Morgan fingerprint density at radius 1 is 1.16 bits per heavy atom. The zero-order valence-corrected chi connectivity index (χ0v) is 33.2. The normalized spacial score (nSPS) is 16.9. The Bertz CT molecular complexity index is 2200. The number of fused-ring (bicyclic) bond motifs is 1. The number of nitrogens with zero attached hydrogens (tertiary/aromatic N) is 5. The lowest BCUT2D eigenvalue weighted by Crippen LogP contribution is -2.71. The summed E-state index contributed by atoms with van der Waals surface area (Å²) in [7, 11) is 1.32. The highest BCUT2D eigenvalue weighted by molar-refractivity contribution is 8.01. The van der Waals surface area contributed by atoms with Gasteiger partial charge >= 0.3 is 11.9 Å². The molecule has 56 heavy (non-hydrogen) atoms. The first-order chi connectivity index (χ1) is 26.2. The smallest absolute Gasteiger partial charge is 0.359 e. The first-order valence-electron chi connectivity index (χ1n) is 16.0. The lowest BCUT2D eigenvalue weighted by Gasteiger charge is -2.49. The number of carboxylic acids is 2. The number of thioether (sulfide) groups is 2. The number of phenols is 2. The fourth-order valence-corrected chi connectivity index (χ4v) is 8.85. The number of primary amides is 1. The molecule has 2 atom stereocenters. The van der Waals surface area contributed by atoms with Crippen LogP contribution >= 0.6 is 34.9 Å². The zero-order valence-electron chi connectivity index (χ0n) is 29.9. The van der Waals surface area contributed by atoms with Crippen molar-refractivity contribution < 1.29 is 66.7 Å². The molecular formula is C32H38N8O12S4+2. The Labute approximate surface area is 331 Å². The van der Waals surface area contributed by atoms with E-state index in [9.17, 15) is 47.7 Å². The average molecular weight is 855 g/mol. The van der Waals surface area contributed by atoms with E-state index < -0.39 is 74.1 Å². The highest BCUT2D eigenvalue weighted by Gasteiger charge is 2.54. The molecule has 3 aromatic rings. The number of quaternary nitrogens is 1. The number of nitrogens with one attached hydrogen (secondary N) is 1. The summed E-state index contributed by atoms with van der Waals surface area (Å²) in [6.45, 7) is 0.156. The van der Waals surface area contributed by atoms with Crippen LogP contribution in [0.5, 0.6) is 11.5 Å². The van der Waals surface area contributed by atoms with Gasteiger partial charge in [0.25, 0.3) is 17.7 Å². The molecule has 1 saturated heterocycles. The molecule has 0 saturated carbocycles. The third-order valence-corrected chi connectivity index (χ3v) is 11.8. The number of carbonyl (C=O) groups is 5. The molecule has 2 aliphatic rings. The number of anilines is 1. The molecular weight excluding hydrogens is 817 g/mol. The molecule has 0 radical (unpaired) electrons. The maximum atomic E-state index is 13.4. The zero-order chi connectivity index (χ0) is 41.5. The van der Waals surface area contributed by atoms with Crippen LogP contribution < -0.4 is 21.4 Å². The maximum Gasteiger partial charge on any atom is 0.359 e. The largest absolute Gasteiger partial charge is 0.504 e. The van der Waals surface area contributed by atoms with Gasteiger partial charge in [-0.15, -0.1) is 34.9 Å². The van der Waals surface area contributed by atoms with E-state index in [1.165, 1.54) is 28.9 Å². The SMILES string of the molecule is C[N+](C)(C)CC(=O)O.NC(=O)C[n+]1cccc(SCC2=C(C(=O)O)N3C(=O)[C@@H](NC(=O)/C(=N\OCS(=O)(=O)c4ccc(O)c(O)c4)c4csc(N)n4)[C@H]3SC2)c1. The van der Waals surface area contributed by atoms with Crippen molar-refractivity contribution in [2.75, 3.05) is 50.9 Å². The average Bonchev–Trinajstić information content (AvgIpc) is 3.53. The number of sulfone groups is 1. The van der Waals surface area contributed by atoms with Crippen LogP contribution in [0.3, 0.4) is 0 Å². The fourth-order valence-electron chi connectivity index (χ4n) is 4.97. The molecule has 0 aliphatic carbocycles. The number of hydrogen-bond donors (Lipinski definition) is 7. The Morgan fingerprint density at radius 3 is 2.45 bits per heavy atom. The number of rotatable bonds is 15. The number of carboxylic acid groups (broad SMARTS) is 2. The van der Waals surface area contributed by atoms with Gasteiger partial charge in [-0.2, -0.15) is 4.57 Å². The van der Waals surface area contributed by atoms with Crippen LogP contribution in [0.4, 0.5) is 5.13 Å². The van der Waals surface area contributed by atoms with Crippen molar-refractivity contribution in [2.45, 2.75) is 27.8 Å². The quantitative estimate of drug-likeness (QED) is 0.0190. The first-order valence-corrected chi connectivity index (χ1v) is 20.5. The van der Waals surface area contributed by atoms with Gasteiger partial charge in [0.15, 0.2) is 41.3 Å². The number of benzene rings is 1. The van der Waals surface area contributed by atoms with Gasteiger partial charge in [0.2, 0.25) is 22.3 Å². The predicted molar refractivity (Wildman–Crippen MR) is 203 cm³/mol. The van der Waals surface area contributed by atoms with Crippen LogP contribution in [0.25, 0.3) is 0 Å². The molecule has 20 nitrogen and oxygen atoms in total. The van der Waals surface area contributed by atoms with E-state index in [-0.39, 0.29) is 46.0 Å². The second-order valence-corrected chi connectivity index (χ2v) is 17.9. The number of carbonyl (C=O) groups excluding carboxylic acids is 3. The van der Waals surface area contributed by atoms with Gasteiger partial charge in [-0.05, 0) is 23.8 Å². The van der Waals surface area contributed by atoms with E-state index in [4.69, 9.17) is 21.4 Å². The van der Waals surface area contributed by atoms with Gasteiger partial charge in [-0.25, -0.2) is 23.0 Å². The monoisotopic (exact) mass is 854 g/mol. The highest BCUT2D eigenvalue weighted by Crippen LogP contribution is 2.41. The maximum absolute atomic E-state index is 13.4. The number of nitrogen functional groups attached to an aromatic ring is 1. The van der Waals surface area contributed by atoms with E-state index in [1.54, 1.807) is 29.1 Å². The summed E-state index contributed by atoms with van der Waals surface area (Å²) in [5.74, 6) is -6.04. The molecule has 5 rings (SSSR count).